The molecule has 1 aromatic carbocycles. The third-order valence-electron chi connectivity index (χ3n) is 3.12. The van der Waals surface area contributed by atoms with Gasteiger partial charge in [-0.15, -0.1) is 0 Å². The zero-order valence-electron chi connectivity index (χ0n) is 13.0. The van der Waals surface area contributed by atoms with Crippen molar-refractivity contribution < 1.29 is 4.74 Å². The van der Waals surface area contributed by atoms with Crippen molar-refractivity contribution in [2.45, 2.75) is 27.4 Å². The predicted octanol–water partition coefficient (Wildman–Crippen LogP) is 3.42. The lowest BCUT2D eigenvalue weighted by Gasteiger charge is -2.12. The number of benzene rings is 1. The first-order chi connectivity index (χ1) is 10.1. The highest BCUT2D eigenvalue weighted by molar-refractivity contribution is 5.63. The first kappa shape index (κ1) is 15.3. The summed E-state index contributed by atoms with van der Waals surface area (Å²) in [5.41, 5.74) is 3.44. The second-order valence-electron chi connectivity index (χ2n) is 4.89. The standard InChI is InChI=1S/C16H22N4O/c1-5-21-10-16-19-14(17-4)9-15(20-16)18-13-8-11(2)6-7-12(13)3/h6-9H,5,10H2,1-4H3,(H2,17,18,19,20). The van der Waals surface area contributed by atoms with Gasteiger partial charge in [0.15, 0.2) is 5.82 Å². The van der Waals surface area contributed by atoms with Gasteiger partial charge in [-0.05, 0) is 38.0 Å². The predicted molar refractivity (Wildman–Crippen MR) is 86.1 cm³/mol. The molecule has 0 amide bonds. The lowest BCUT2D eigenvalue weighted by atomic mass is 10.1. The Morgan fingerprint density at radius 3 is 2.57 bits per heavy atom. The van der Waals surface area contributed by atoms with E-state index in [-0.39, 0.29) is 0 Å². The summed E-state index contributed by atoms with van der Waals surface area (Å²) in [6.45, 7) is 7.16. The Bertz CT molecular complexity index is 613. The lowest BCUT2D eigenvalue weighted by molar-refractivity contribution is 0.128. The molecule has 0 aliphatic rings. The van der Waals surface area contributed by atoms with Crippen LogP contribution in [0.5, 0.6) is 0 Å². The number of nitrogens with zero attached hydrogens (tertiary/aromatic N) is 2. The van der Waals surface area contributed by atoms with Crippen LogP contribution in [0.15, 0.2) is 24.3 Å². The van der Waals surface area contributed by atoms with E-state index < -0.39 is 0 Å². The molecule has 21 heavy (non-hydrogen) atoms. The minimum atomic E-state index is 0.410. The number of ether oxygens (including phenoxy) is 1. The van der Waals surface area contributed by atoms with Crippen LogP contribution >= 0.6 is 0 Å². The molecule has 2 N–H and O–H groups in total. The van der Waals surface area contributed by atoms with Crippen molar-refractivity contribution in [3.05, 3.63) is 41.2 Å². The lowest BCUT2D eigenvalue weighted by Crippen LogP contribution is -2.06. The summed E-state index contributed by atoms with van der Waals surface area (Å²) >= 11 is 0. The van der Waals surface area contributed by atoms with Gasteiger partial charge in [0, 0.05) is 25.4 Å². The van der Waals surface area contributed by atoms with Gasteiger partial charge >= 0.3 is 0 Å². The maximum absolute atomic E-state index is 5.39. The number of nitrogens with one attached hydrogen (secondary N) is 2. The molecule has 0 aliphatic heterocycles. The van der Waals surface area contributed by atoms with E-state index in [9.17, 15) is 0 Å². The van der Waals surface area contributed by atoms with E-state index in [0.717, 1.165) is 17.3 Å². The molecule has 0 saturated carbocycles. The van der Waals surface area contributed by atoms with Crippen LogP contribution in [0, 0.1) is 13.8 Å². The number of rotatable bonds is 6. The minimum Gasteiger partial charge on any atom is -0.374 e. The molecule has 1 heterocycles. The van der Waals surface area contributed by atoms with Crippen LogP contribution in [0.2, 0.25) is 0 Å². The van der Waals surface area contributed by atoms with Crippen molar-refractivity contribution in [3.8, 4) is 0 Å². The van der Waals surface area contributed by atoms with Crippen molar-refractivity contribution in [3.63, 3.8) is 0 Å². The Hall–Kier alpha value is -2.14. The van der Waals surface area contributed by atoms with Crippen molar-refractivity contribution in [1.82, 2.24) is 9.97 Å². The van der Waals surface area contributed by atoms with Crippen molar-refractivity contribution >= 4 is 17.3 Å². The minimum absolute atomic E-state index is 0.410. The number of aromatic nitrogens is 2. The Balaban J connectivity index is 2.27. The molecule has 1 aromatic heterocycles. The van der Waals surface area contributed by atoms with Crippen LogP contribution in [0.25, 0.3) is 0 Å². The molecule has 0 aliphatic carbocycles. The van der Waals surface area contributed by atoms with Gasteiger partial charge in [0.2, 0.25) is 0 Å². The first-order valence-electron chi connectivity index (χ1n) is 7.10. The largest absolute Gasteiger partial charge is 0.374 e. The van der Waals surface area contributed by atoms with Gasteiger partial charge < -0.3 is 15.4 Å². The molecule has 0 spiro atoms. The monoisotopic (exact) mass is 286 g/mol. The summed E-state index contributed by atoms with van der Waals surface area (Å²) in [4.78, 5) is 8.88. The summed E-state index contributed by atoms with van der Waals surface area (Å²) in [5.74, 6) is 2.20. The second kappa shape index (κ2) is 7.04. The van der Waals surface area contributed by atoms with E-state index in [1.165, 1.54) is 11.1 Å². The normalized spacial score (nSPS) is 10.5. The molecular formula is C16H22N4O. The molecule has 0 atom stereocenters. The zero-order chi connectivity index (χ0) is 15.2. The van der Waals surface area contributed by atoms with Gasteiger partial charge in [-0.2, -0.15) is 0 Å². The summed E-state index contributed by atoms with van der Waals surface area (Å²) < 4.78 is 5.39. The molecule has 0 fully saturated rings. The SMILES string of the molecule is CCOCc1nc(NC)cc(Nc2cc(C)ccc2C)n1. The molecule has 2 rings (SSSR count). The summed E-state index contributed by atoms with van der Waals surface area (Å²) in [5, 5.41) is 6.41. The highest BCUT2D eigenvalue weighted by Crippen LogP contribution is 2.22. The third kappa shape index (κ3) is 4.16. The second-order valence-corrected chi connectivity index (χ2v) is 4.89. The van der Waals surface area contributed by atoms with Crippen molar-refractivity contribution in [1.29, 1.82) is 0 Å². The average Bonchev–Trinajstić information content (AvgIpc) is 2.48. The van der Waals surface area contributed by atoms with Gasteiger partial charge in [-0.1, -0.05) is 12.1 Å². The van der Waals surface area contributed by atoms with Crippen LogP contribution in [-0.4, -0.2) is 23.6 Å². The average molecular weight is 286 g/mol. The van der Waals surface area contributed by atoms with Crippen LogP contribution in [-0.2, 0) is 11.3 Å². The Labute approximate surface area is 125 Å². The molecule has 0 saturated heterocycles. The molecular weight excluding hydrogens is 264 g/mol. The zero-order valence-corrected chi connectivity index (χ0v) is 13.0. The van der Waals surface area contributed by atoms with Crippen molar-refractivity contribution in [2.75, 3.05) is 24.3 Å². The van der Waals surface area contributed by atoms with Crippen LogP contribution < -0.4 is 10.6 Å². The number of hydrogen-bond acceptors (Lipinski definition) is 5. The number of anilines is 3. The molecule has 5 heteroatoms. The Morgan fingerprint density at radius 1 is 1.10 bits per heavy atom. The maximum atomic E-state index is 5.39. The van der Waals surface area contributed by atoms with Crippen LogP contribution in [0.4, 0.5) is 17.3 Å². The molecule has 0 bridgehead atoms. The Morgan fingerprint density at radius 2 is 1.86 bits per heavy atom. The van der Waals surface area contributed by atoms with Crippen LogP contribution in [0.3, 0.4) is 0 Å². The number of hydrogen-bond donors (Lipinski definition) is 2. The van der Waals surface area contributed by atoms with E-state index in [0.29, 0.717) is 19.0 Å². The third-order valence-corrected chi connectivity index (χ3v) is 3.12. The molecule has 112 valence electrons. The molecule has 5 nitrogen and oxygen atoms in total. The first-order valence-corrected chi connectivity index (χ1v) is 7.10. The summed E-state index contributed by atoms with van der Waals surface area (Å²) in [7, 11) is 1.84. The number of aryl methyl sites for hydroxylation is 2. The van der Waals surface area contributed by atoms with Gasteiger partial charge in [0.1, 0.15) is 18.2 Å². The van der Waals surface area contributed by atoms with E-state index in [1.807, 2.05) is 20.0 Å². The van der Waals surface area contributed by atoms with Gasteiger partial charge in [0.05, 0.1) is 0 Å². The summed E-state index contributed by atoms with van der Waals surface area (Å²) in [6.07, 6.45) is 0. The van der Waals surface area contributed by atoms with E-state index in [2.05, 4.69) is 52.6 Å². The van der Waals surface area contributed by atoms with Gasteiger partial charge in [0.25, 0.3) is 0 Å². The van der Waals surface area contributed by atoms with Crippen molar-refractivity contribution in [2.24, 2.45) is 0 Å². The smallest absolute Gasteiger partial charge is 0.158 e. The van der Waals surface area contributed by atoms with Gasteiger partial charge in [-0.25, -0.2) is 9.97 Å². The van der Waals surface area contributed by atoms with Gasteiger partial charge in [-0.3, -0.25) is 0 Å². The van der Waals surface area contributed by atoms with E-state index in [4.69, 9.17) is 4.74 Å². The fourth-order valence-electron chi connectivity index (χ4n) is 1.96. The fourth-order valence-corrected chi connectivity index (χ4v) is 1.96. The Kier molecular flexibility index (Phi) is 5.11. The van der Waals surface area contributed by atoms with E-state index >= 15 is 0 Å². The quantitative estimate of drug-likeness (QED) is 0.852. The van der Waals surface area contributed by atoms with Crippen LogP contribution in [0.1, 0.15) is 23.9 Å². The molecule has 0 unspecified atom stereocenters. The van der Waals surface area contributed by atoms with E-state index in [1.54, 1.807) is 0 Å². The highest BCUT2D eigenvalue weighted by Gasteiger charge is 2.06. The summed E-state index contributed by atoms with van der Waals surface area (Å²) in [6, 6.07) is 8.19. The molecule has 2 aromatic rings. The molecule has 0 radical (unpaired) electrons. The maximum Gasteiger partial charge on any atom is 0.158 e. The fraction of sp³-hybridized carbons (Fsp3) is 0.375. The topological polar surface area (TPSA) is 59.1 Å². The highest BCUT2D eigenvalue weighted by atomic mass is 16.5.